The van der Waals surface area contributed by atoms with Gasteiger partial charge in [0.05, 0.1) is 19.6 Å². The lowest BCUT2D eigenvalue weighted by molar-refractivity contribution is 0.414. The minimum absolute atomic E-state index is 0.0671. The van der Waals surface area contributed by atoms with E-state index in [1.807, 2.05) is 54.6 Å². The average molecular weight is 537 g/mol. The number of hydrogen-bond acceptors (Lipinski definition) is 8. The lowest BCUT2D eigenvalue weighted by atomic mass is 10.1. The lowest BCUT2D eigenvalue weighted by Gasteiger charge is -2.06. The molecule has 0 fully saturated rings. The van der Waals surface area contributed by atoms with Crippen LogP contribution < -0.4 is 20.3 Å². The molecule has 40 heavy (non-hydrogen) atoms. The summed E-state index contributed by atoms with van der Waals surface area (Å²) in [6.07, 6.45) is 0. The van der Waals surface area contributed by atoms with Crippen molar-refractivity contribution in [1.82, 2.24) is 0 Å². The molecule has 0 bridgehead atoms. The third-order valence-electron chi connectivity index (χ3n) is 6.14. The second-order valence-corrected chi connectivity index (χ2v) is 8.75. The highest BCUT2D eigenvalue weighted by Crippen LogP contribution is 2.30. The molecule has 0 saturated carbocycles. The molecule has 0 amide bonds. The minimum atomic E-state index is -0.349. The first kappa shape index (κ1) is 26.1. The predicted octanol–water partition coefficient (Wildman–Crippen LogP) is 6.35. The molecule has 8 nitrogen and oxygen atoms in total. The van der Waals surface area contributed by atoms with Gasteiger partial charge in [0.25, 0.3) is 0 Å². The van der Waals surface area contributed by atoms with E-state index in [1.54, 1.807) is 32.4 Å². The van der Waals surface area contributed by atoms with Gasteiger partial charge in [0, 0.05) is 41.5 Å². The van der Waals surface area contributed by atoms with Gasteiger partial charge >= 0.3 is 0 Å². The van der Waals surface area contributed by atoms with Gasteiger partial charge in [-0.3, -0.25) is 9.59 Å². The van der Waals surface area contributed by atoms with E-state index < -0.39 is 0 Å². The Morgan fingerprint density at radius 3 is 2.00 bits per heavy atom. The van der Waals surface area contributed by atoms with Crippen LogP contribution in [0.3, 0.4) is 0 Å². The molecule has 0 aliphatic carbocycles. The summed E-state index contributed by atoms with van der Waals surface area (Å²) in [4.78, 5) is 24.2. The normalized spacial score (nSPS) is 10.7. The quantitative estimate of drug-likeness (QED) is 0.268. The molecular weight excluding hydrogens is 512 g/mol. The summed E-state index contributed by atoms with van der Waals surface area (Å²) in [5, 5.41) is 19.7. The zero-order chi connectivity index (χ0) is 28.2. The molecular formula is C32H24O8. The molecule has 2 heterocycles. The van der Waals surface area contributed by atoms with Crippen molar-refractivity contribution in [3.63, 3.8) is 0 Å². The molecule has 0 radical (unpaired) electrons. The minimum Gasteiger partial charge on any atom is -0.508 e. The largest absolute Gasteiger partial charge is 0.508 e. The Hall–Kier alpha value is -5.50. The Bertz CT molecular complexity index is 1940. The molecule has 6 aromatic rings. The maximum atomic E-state index is 12.2. The number of benzene rings is 4. The van der Waals surface area contributed by atoms with E-state index in [1.165, 1.54) is 18.2 Å². The van der Waals surface area contributed by atoms with Crippen LogP contribution >= 0.6 is 0 Å². The average Bonchev–Trinajstić information content (AvgIpc) is 2.97. The number of phenolic OH excluding ortho intramolecular Hbond substituents is 2. The van der Waals surface area contributed by atoms with E-state index in [-0.39, 0.29) is 33.3 Å². The van der Waals surface area contributed by atoms with E-state index >= 15 is 0 Å². The van der Waals surface area contributed by atoms with Crippen molar-refractivity contribution in [2.24, 2.45) is 0 Å². The van der Waals surface area contributed by atoms with Crippen LogP contribution in [0, 0.1) is 0 Å². The van der Waals surface area contributed by atoms with Gasteiger partial charge in [-0.2, -0.15) is 0 Å². The second-order valence-electron chi connectivity index (χ2n) is 8.75. The molecule has 0 spiro atoms. The maximum Gasteiger partial charge on any atom is 0.197 e. The van der Waals surface area contributed by atoms with Gasteiger partial charge in [0.2, 0.25) is 0 Å². The van der Waals surface area contributed by atoms with E-state index in [2.05, 4.69) is 0 Å². The van der Waals surface area contributed by atoms with Crippen LogP contribution in [-0.2, 0) is 0 Å². The highest BCUT2D eigenvalue weighted by atomic mass is 16.5. The van der Waals surface area contributed by atoms with Gasteiger partial charge in [-0.05, 0) is 24.3 Å². The van der Waals surface area contributed by atoms with Crippen LogP contribution in [0.5, 0.6) is 23.0 Å². The van der Waals surface area contributed by atoms with Crippen molar-refractivity contribution in [2.45, 2.75) is 0 Å². The highest BCUT2D eigenvalue weighted by molar-refractivity contribution is 5.86. The van der Waals surface area contributed by atoms with Gasteiger partial charge in [-0.1, -0.05) is 42.5 Å². The van der Waals surface area contributed by atoms with Gasteiger partial charge < -0.3 is 28.5 Å². The van der Waals surface area contributed by atoms with Crippen LogP contribution in [0.2, 0.25) is 0 Å². The summed E-state index contributed by atoms with van der Waals surface area (Å²) in [6.45, 7) is 0. The summed E-state index contributed by atoms with van der Waals surface area (Å²) in [5.41, 5.74) is 1.76. The zero-order valence-electron chi connectivity index (χ0n) is 21.6. The van der Waals surface area contributed by atoms with Crippen molar-refractivity contribution in [2.75, 3.05) is 14.2 Å². The summed E-state index contributed by atoms with van der Waals surface area (Å²) in [7, 11) is 3.17. The fourth-order valence-corrected chi connectivity index (χ4v) is 4.18. The van der Waals surface area contributed by atoms with E-state index in [0.29, 0.717) is 34.0 Å². The van der Waals surface area contributed by atoms with Crippen LogP contribution in [-0.4, -0.2) is 24.4 Å². The smallest absolute Gasteiger partial charge is 0.197 e. The van der Waals surface area contributed by atoms with Crippen molar-refractivity contribution >= 4 is 21.9 Å². The Labute approximate surface area is 227 Å². The molecule has 0 aliphatic heterocycles. The summed E-state index contributed by atoms with van der Waals surface area (Å²) < 4.78 is 21.8. The number of rotatable bonds is 4. The fraction of sp³-hybridized carbons (Fsp3) is 0.0625. The van der Waals surface area contributed by atoms with E-state index in [9.17, 15) is 19.8 Å². The van der Waals surface area contributed by atoms with Crippen LogP contribution in [0.25, 0.3) is 44.6 Å². The topological polar surface area (TPSA) is 119 Å². The number of methoxy groups -OCH3 is 2. The number of hydrogen-bond donors (Lipinski definition) is 2. The van der Waals surface area contributed by atoms with Crippen LogP contribution in [0.1, 0.15) is 0 Å². The number of aromatic hydroxyl groups is 2. The molecule has 6 rings (SSSR count). The first-order chi connectivity index (χ1) is 19.4. The third kappa shape index (κ3) is 5.37. The van der Waals surface area contributed by atoms with Crippen molar-refractivity contribution in [3.8, 4) is 45.6 Å². The maximum absolute atomic E-state index is 12.2. The number of fused-ring (bicyclic) bond motifs is 2. The zero-order valence-corrected chi connectivity index (χ0v) is 21.6. The first-order valence-corrected chi connectivity index (χ1v) is 12.2. The first-order valence-electron chi connectivity index (χ1n) is 12.2. The van der Waals surface area contributed by atoms with E-state index in [0.717, 1.165) is 17.2 Å². The number of ether oxygens (including phenoxy) is 2. The van der Waals surface area contributed by atoms with Gasteiger partial charge in [-0.25, -0.2) is 0 Å². The molecule has 200 valence electrons. The summed E-state index contributed by atoms with van der Waals surface area (Å²) >= 11 is 0. The molecule has 8 heteroatoms. The molecule has 0 aliphatic rings. The lowest BCUT2D eigenvalue weighted by Crippen LogP contribution is -2.00. The van der Waals surface area contributed by atoms with Crippen LogP contribution in [0.4, 0.5) is 0 Å². The third-order valence-corrected chi connectivity index (χ3v) is 6.14. The van der Waals surface area contributed by atoms with Crippen molar-refractivity contribution in [3.05, 3.63) is 118 Å². The Kier molecular flexibility index (Phi) is 7.24. The van der Waals surface area contributed by atoms with Gasteiger partial charge in [-0.15, -0.1) is 0 Å². The number of phenols is 2. The Morgan fingerprint density at radius 2 is 1.25 bits per heavy atom. The SMILES string of the molecule is COc1cccc(-c2cc(=O)c3ccc(OC)cc3o2)c1.O=c1cc(-c2ccccc2)oc2cc(O)cc(O)c12. The van der Waals surface area contributed by atoms with Crippen molar-refractivity contribution < 1.29 is 28.5 Å². The standard InChI is InChI=1S/C17H14O4.C15H10O4/c1-19-12-5-3-4-11(8-12)16-10-15(18)14-7-6-13(20-2)9-17(14)21-16;16-10-6-11(17)15-12(18)8-13(19-14(15)7-10)9-4-2-1-3-5-9/h3-10H,1-2H3;1-8,16-17H. The fourth-order valence-electron chi connectivity index (χ4n) is 4.18. The van der Waals surface area contributed by atoms with E-state index in [4.69, 9.17) is 18.3 Å². The van der Waals surface area contributed by atoms with Gasteiger partial charge in [0.1, 0.15) is 51.1 Å². The molecule has 4 aromatic carbocycles. The van der Waals surface area contributed by atoms with Crippen LogP contribution in [0.15, 0.2) is 115 Å². The molecule has 2 N–H and O–H groups in total. The molecule has 0 atom stereocenters. The molecule has 2 aromatic heterocycles. The Balaban J connectivity index is 0.000000162. The second kappa shape index (κ2) is 11.1. The van der Waals surface area contributed by atoms with Crippen molar-refractivity contribution in [1.29, 1.82) is 0 Å². The highest BCUT2D eigenvalue weighted by Gasteiger charge is 2.12. The summed E-state index contributed by atoms with van der Waals surface area (Å²) in [6, 6.07) is 26.9. The summed E-state index contributed by atoms with van der Waals surface area (Å²) in [5.74, 6) is 1.80. The molecule has 0 unspecified atom stereocenters. The van der Waals surface area contributed by atoms with Gasteiger partial charge in [0.15, 0.2) is 10.9 Å². The molecule has 0 saturated heterocycles. The Morgan fingerprint density at radius 1 is 0.600 bits per heavy atom. The predicted molar refractivity (Wildman–Crippen MR) is 152 cm³/mol. The monoisotopic (exact) mass is 536 g/mol.